The Balaban J connectivity index is 1.34. The summed E-state index contributed by atoms with van der Waals surface area (Å²) in [6, 6.07) is 18.6. The highest BCUT2D eigenvalue weighted by atomic mass is 32.2. The van der Waals surface area contributed by atoms with E-state index in [2.05, 4.69) is 20.9 Å². The summed E-state index contributed by atoms with van der Waals surface area (Å²) in [5.41, 5.74) is 8.84. The lowest BCUT2D eigenvalue weighted by atomic mass is 10.1. The molecular weight excluding hydrogens is 650 g/mol. The molecule has 0 fully saturated rings. The third-order valence-corrected chi connectivity index (χ3v) is 7.76. The number of nitrogens with zero attached hydrogens (tertiary/aromatic N) is 2. The largest absolute Gasteiger partial charge is 0.506 e. The quantitative estimate of drug-likeness (QED) is 0.0523. The number of anilines is 2. The molecule has 256 valence electrons. The first-order chi connectivity index (χ1) is 23.6. The first kappa shape index (κ1) is 35.9. The van der Waals surface area contributed by atoms with Gasteiger partial charge in [-0.25, -0.2) is 15.6 Å². The van der Waals surface area contributed by atoms with Crippen molar-refractivity contribution in [3.05, 3.63) is 106 Å². The number of phenols is 1. The van der Waals surface area contributed by atoms with E-state index in [1.165, 1.54) is 23.3 Å². The molecule has 14 nitrogen and oxygen atoms in total. The van der Waals surface area contributed by atoms with Gasteiger partial charge in [-0.2, -0.15) is 0 Å². The van der Waals surface area contributed by atoms with Crippen molar-refractivity contribution in [1.82, 2.24) is 10.3 Å². The highest BCUT2D eigenvalue weighted by Gasteiger charge is 2.33. The van der Waals surface area contributed by atoms with Crippen molar-refractivity contribution in [2.24, 2.45) is 16.6 Å². The Kier molecular flexibility index (Phi) is 12.7. The number of thioether (sulfide) groups is 1. The highest BCUT2D eigenvalue weighted by molar-refractivity contribution is 8.18. The SMILES string of the molecule is CCOC(=O)C1=C(O)/C(=C/c2ccc(OCCN(N)/C=C(\N)CNC(=O)c3cc(NC)cc(NC=O)c3)c(O)c2)SC1=Nc1ccccc1. The van der Waals surface area contributed by atoms with Crippen LogP contribution in [0.1, 0.15) is 22.8 Å². The van der Waals surface area contributed by atoms with Crippen molar-refractivity contribution in [2.45, 2.75) is 6.92 Å². The molecule has 1 aliphatic heterocycles. The second kappa shape index (κ2) is 17.3. The van der Waals surface area contributed by atoms with Crippen LogP contribution in [0, 0.1) is 0 Å². The zero-order chi connectivity index (χ0) is 35.3. The standard InChI is InChI=1S/C34H37N7O7S/c1-3-47-34(46)30-31(44)29(49-33(30)40-24-7-5-4-6-8-24)14-21-9-10-28(27(43)13-21)48-12-11-41(36)19-23(35)18-38-32(45)22-15-25(37-2)17-26(16-22)39-20-42/h4-10,13-17,19-20,37,43-44H,3,11-12,18,35-36H2,1-2H3,(H,38,45)(H,39,42)/b23-19-,29-14-,40-33?. The molecule has 0 radical (unpaired) electrons. The molecule has 1 heterocycles. The van der Waals surface area contributed by atoms with E-state index in [-0.39, 0.29) is 54.8 Å². The molecule has 2 amide bonds. The van der Waals surface area contributed by atoms with E-state index in [0.717, 1.165) is 11.8 Å². The molecule has 15 heteroatoms. The first-order valence-corrected chi connectivity index (χ1v) is 15.8. The summed E-state index contributed by atoms with van der Waals surface area (Å²) >= 11 is 1.11. The zero-order valence-corrected chi connectivity index (χ0v) is 27.6. The molecule has 0 aliphatic carbocycles. The lowest BCUT2D eigenvalue weighted by molar-refractivity contribution is -0.138. The van der Waals surface area contributed by atoms with E-state index in [9.17, 15) is 24.6 Å². The Labute approximate surface area is 287 Å². The topological polar surface area (TPSA) is 214 Å². The Morgan fingerprint density at radius 3 is 2.51 bits per heavy atom. The van der Waals surface area contributed by atoms with Gasteiger partial charge in [0.1, 0.15) is 23.0 Å². The van der Waals surface area contributed by atoms with Gasteiger partial charge in [0, 0.05) is 35.9 Å². The van der Waals surface area contributed by atoms with Crippen molar-refractivity contribution in [3.8, 4) is 11.5 Å². The lowest BCUT2D eigenvalue weighted by Crippen LogP contribution is -2.33. The van der Waals surface area contributed by atoms with Crippen LogP contribution in [0.3, 0.4) is 0 Å². The molecule has 3 aromatic carbocycles. The summed E-state index contributed by atoms with van der Waals surface area (Å²) < 4.78 is 10.8. The van der Waals surface area contributed by atoms with Crippen LogP contribution in [0.4, 0.5) is 17.1 Å². The van der Waals surface area contributed by atoms with Crippen LogP contribution in [0.25, 0.3) is 6.08 Å². The van der Waals surface area contributed by atoms with Gasteiger partial charge in [0.05, 0.1) is 30.3 Å². The number of benzene rings is 3. The Bertz CT molecular complexity index is 1810. The molecule has 0 aromatic heterocycles. The molecule has 0 bridgehead atoms. The summed E-state index contributed by atoms with van der Waals surface area (Å²) in [7, 11) is 1.69. The number of aliphatic imine (C=N–C) groups is 1. The third-order valence-electron chi connectivity index (χ3n) is 6.74. The van der Waals surface area contributed by atoms with Crippen LogP contribution in [-0.4, -0.2) is 71.9 Å². The number of phenolic OH excluding ortho intramolecular Hbond substituents is 1. The molecular formula is C34H37N7O7S. The number of rotatable bonds is 15. The number of carbonyl (C=O) groups is 3. The van der Waals surface area contributed by atoms with Gasteiger partial charge in [0.2, 0.25) is 6.41 Å². The van der Waals surface area contributed by atoms with E-state index in [0.29, 0.717) is 44.5 Å². The predicted octanol–water partition coefficient (Wildman–Crippen LogP) is 3.98. The molecule has 3 aromatic rings. The number of aliphatic hydroxyl groups is 1. The van der Waals surface area contributed by atoms with E-state index in [4.69, 9.17) is 21.1 Å². The highest BCUT2D eigenvalue weighted by Crippen LogP contribution is 2.41. The number of ether oxygens (including phenoxy) is 2. The van der Waals surface area contributed by atoms with Gasteiger partial charge in [-0.3, -0.25) is 9.59 Å². The van der Waals surface area contributed by atoms with Crippen LogP contribution in [0.15, 0.2) is 99.9 Å². The van der Waals surface area contributed by atoms with Gasteiger partial charge < -0.3 is 46.4 Å². The van der Waals surface area contributed by atoms with Crippen molar-refractivity contribution >= 4 is 58.2 Å². The first-order valence-electron chi connectivity index (χ1n) is 15.0. The van der Waals surface area contributed by atoms with Crippen LogP contribution in [-0.2, 0) is 14.3 Å². The van der Waals surface area contributed by atoms with Crippen LogP contribution < -0.4 is 32.3 Å². The number of para-hydroxylation sites is 1. The van der Waals surface area contributed by atoms with Crippen molar-refractivity contribution in [1.29, 1.82) is 0 Å². The fourth-order valence-electron chi connectivity index (χ4n) is 4.43. The predicted molar refractivity (Wildman–Crippen MR) is 190 cm³/mol. The average molecular weight is 688 g/mol. The normalized spacial score (nSPS) is 14.5. The number of hydrogen-bond acceptors (Lipinski definition) is 13. The smallest absolute Gasteiger partial charge is 0.344 e. The van der Waals surface area contributed by atoms with E-state index >= 15 is 0 Å². The van der Waals surface area contributed by atoms with Gasteiger partial charge >= 0.3 is 5.97 Å². The average Bonchev–Trinajstić information content (AvgIpc) is 3.38. The maximum absolute atomic E-state index is 12.7. The number of esters is 1. The summed E-state index contributed by atoms with van der Waals surface area (Å²) in [5, 5.41) is 31.3. The number of nitrogens with one attached hydrogen (secondary N) is 3. The number of aliphatic hydroxyl groups excluding tert-OH is 1. The van der Waals surface area contributed by atoms with Gasteiger partial charge in [-0.1, -0.05) is 36.0 Å². The summed E-state index contributed by atoms with van der Waals surface area (Å²) in [6.07, 6.45) is 3.58. The number of aromatic hydroxyl groups is 1. The molecule has 49 heavy (non-hydrogen) atoms. The zero-order valence-electron chi connectivity index (χ0n) is 26.8. The summed E-state index contributed by atoms with van der Waals surface area (Å²) in [6.45, 7) is 2.10. The summed E-state index contributed by atoms with van der Waals surface area (Å²) in [4.78, 5) is 41.0. The maximum atomic E-state index is 12.7. The molecule has 0 spiro atoms. The van der Waals surface area contributed by atoms with Gasteiger partial charge in [-0.05, 0) is 61.0 Å². The van der Waals surface area contributed by atoms with Gasteiger partial charge in [-0.15, -0.1) is 0 Å². The second-order valence-electron chi connectivity index (χ2n) is 10.3. The van der Waals surface area contributed by atoms with Crippen LogP contribution in [0.2, 0.25) is 0 Å². The Morgan fingerprint density at radius 1 is 1.06 bits per heavy atom. The molecule has 4 rings (SSSR count). The fraction of sp³-hybridized carbons (Fsp3) is 0.176. The minimum absolute atomic E-state index is 0.00921. The minimum Gasteiger partial charge on any atom is -0.506 e. The Morgan fingerprint density at radius 2 is 1.82 bits per heavy atom. The molecule has 1 aliphatic rings. The molecule has 0 saturated carbocycles. The molecule has 0 atom stereocenters. The number of amides is 2. The van der Waals surface area contributed by atoms with Crippen LogP contribution >= 0.6 is 11.8 Å². The summed E-state index contributed by atoms with van der Waals surface area (Å²) in [5.74, 6) is 4.71. The van der Waals surface area contributed by atoms with E-state index < -0.39 is 11.9 Å². The van der Waals surface area contributed by atoms with E-state index in [1.54, 1.807) is 56.4 Å². The molecule has 0 unspecified atom stereocenters. The van der Waals surface area contributed by atoms with Gasteiger partial charge in [0.25, 0.3) is 5.91 Å². The molecule has 9 N–H and O–H groups in total. The minimum atomic E-state index is -0.689. The second-order valence-corrected chi connectivity index (χ2v) is 11.3. The number of nitrogens with two attached hydrogens (primary N) is 2. The third kappa shape index (κ3) is 10.0. The fourth-order valence-corrected chi connectivity index (χ4v) is 5.47. The monoisotopic (exact) mass is 687 g/mol. The number of hydrazine groups is 1. The Hall–Kier alpha value is -5.93. The van der Waals surface area contributed by atoms with Crippen molar-refractivity contribution < 1.29 is 34.1 Å². The van der Waals surface area contributed by atoms with Crippen LogP contribution in [0.5, 0.6) is 11.5 Å². The number of carbonyl (C=O) groups excluding carboxylic acids is 3. The molecule has 0 saturated heterocycles. The van der Waals surface area contributed by atoms with Crippen molar-refractivity contribution in [3.63, 3.8) is 0 Å². The van der Waals surface area contributed by atoms with E-state index in [1.807, 2.05) is 18.2 Å². The van der Waals surface area contributed by atoms with Gasteiger partial charge in [0.15, 0.2) is 11.5 Å². The number of hydrogen-bond donors (Lipinski definition) is 7. The lowest BCUT2D eigenvalue weighted by Gasteiger charge is -2.16. The van der Waals surface area contributed by atoms with Crippen molar-refractivity contribution in [2.75, 3.05) is 44.0 Å². The maximum Gasteiger partial charge on any atom is 0.344 e.